The van der Waals surface area contributed by atoms with Gasteiger partial charge in [-0.25, -0.2) is 9.97 Å². The zero-order chi connectivity index (χ0) is 12.8. The maximum absolute atomic E-state index is 11.7. The van der Waals surface area contributed by atoms with E-state index in [1.54, 1.807) is 12.3 Å². The van der Waals surface area contributed by atoms with E-state index in [1.165, 1.54) is 0 Å². The number of aromatic nitrogens is 2. The van der Waals surface area contributed by atoms with Crippen molar-refractivity contribution in [2.45, 2.75) is 39.8 Å². The van der Waals surface area contributed by atoms with Gasteiger partial charge in [0.15, 0.2) is 0 Å². The highest BCUT2D eigenvalue weighted by molar-refractivity contribution is 5.85. The normalized spacial score (nSPS) is 11.8. The third kappa shape index (κ3) is 5.93. The molecule has 0 spiro atoms. The number of aryl methyl sites for hydroxylation is 1. The lowest BCUT2D eigenvalue weighted by molar-refractivity contribution is -0.122. The summed E-state index contributed by atoms with van der Waals surface area (Å²) >= 11 is 0. The average molecular weight is 273 g/mol. The van der Waals surface area contributed by atoms with Gasteiger partial charge in [-0.1, -0.05) is 13.8 Å². The minimum Gasteiger partial charge on any atom is -0.349 e. The molecule has 0 unspecified atom stereocenters. The van der Waals surface area contributed by atoms with Crippen molar-refractivity contribution in [3.05, 3.63) is 23.8 Å². The highest BCUT2D eigenvalue weighted by Crippen LogP contribution is 2.03. The first-order valence-electron chi connectivity index (χ1n) is 5.81. The molecule has 0 aliphatic rings. The lowest BCUT2D eigenvalue weighted by Crippen LogP contribution is -2.41. The van der Waals surface area contributed by atoms with Gasteiger partial charge in [0.2, 0.25) is 5.91 Å². The largest absolute Gasteiger partial charge is 0.349 e. The van der Waals surface area contributed by atoms with Crippen LogP contribution in [0.5, 0.6) is 0 Å². The number of carbonyl (C=O) groups is 1. The lowest BCUT2D eigenvalue weighted by Gasteiger charge is -2.13. The number of hydrogen-bond acceptors (Lipinski definition) is 4. The molecule has 0 aromatic carbocycles. The van der Waals surface area contributed by atoms with Crippen molar-refractivity contribution in [1.82, 2.24) is 15.3 Å². The summed E-state index contributed by atoms with van der Waals surface area (Å²) in [6, 6.07) is 1.33. The summed E-state index contributed by atoms with van der Waals surface area (Å²) in [5.41, 5.74) is 6.56. The third-order valence-electron chi connectivity index (χ3n) is 2.34. The van der Waals surface area contributed by atoms with Gasteiger partial charge in [0.25, 0.3) is 0 Å². The first kappa shape index (κ1) is 16.8. The van der Waals surface area contributed by atoms with Crippen molar-refractivity contribution in [3.8, 4) is 0 Å². The Bertz CT molecular complexity index is 384. The summed E-state index contributed by atoms with van der Waals surface area (Å²) in [6.07, 6.45) is 2.37. The lowest BCUT2D eigenvalue weighted by atomic mass is 10.0. The van der Waals surface area contributed by atoms with Crippen LogP contribution in [0.25, 0.3) is 0 Å². The highest BCUT2D eigenvalue weighted by Gasteiger charge is 2.14. The molecular formula is C12H21ClN4O. The number of nitrogens with one attached hydrogen (secondary N) is 1. The van der Waals surface area contributed by atoms with Crippen molar-refractivity contribution >= 4 is 18.3 Å². The van der Waals surface area contributed by atoms with Gasteiger partial charge < -0.3 is 11.1 Å². The van der Waals surface area contributed by atoms with Gasteiger partial charge in [0.1, 0.15) is 5.82 Å². The zero-order valence-electron chi connectivity index (χ0n) is 11.0. The first-order chi connectivity index (χ1) is 7.99. The number of carbonyl (C=O) groups excluding carboxylic acids is 1. The number of nitrogens with two attached hydrogens (primary N) is 1. The molecule has 0 aliphatic heterocycles. The Morgan fingerprint density at radius 2 is 2.17 bits per heavy atom. The molecule has 0 bridgehead atoms. The molecule has 0 fully saturated rings. The molecule has 1 heterocycles. The van der Waals surface area contributed by atoms with Gasteiger partial charge in [-0.2, -0.15) is 0 Å². The monoisotopic (exact) mass is 272 g/mol. The number of halogens is 1. The van der Waals surface area contributed by atoms with Crippen molar-refractivity contribution < 1.29 is 4.79 Å². The van der Waals surface area contributed by atoms with Gasteiger partial charge in [-0.15, -0.1) is 12.4 Å². The van der Waals surface area contributed by atoms with E-state index in [-0.39, 0.29) is 18.3 Å². The summed E-state index contributed by atoms with van der Waals surface area (Å²) in [5, 5.41) is 2.78. The SMILES string of the molecule is Cc1nccc(CNC(=O)[C@@H](N)CC(C)C)n1.Cl. The number of hydrogen-bond donors (Lipinski definition) is 2. The second kappa shape index (κ2) is 8.00. The predicted molar refractivity (Wildman–Crippen MR) is 73.3 cm³/mol. The van der Waals surface area contributed by atoms with Crippen LogP contribution in [0.3, 0.4) is 0 Å². The first-order valence-corrected chi connectivity index (χ1v) is 5.81. The van der Waals surface area contributed by atoms with E-state index >= 15 is 0 Å². The molecule has 1 rings (SSSR count). The zero-order valence-corrected chi connectivity index (χ0v) is 11.8. The van der Waals surface area contributed by atoms with E-state index < -0.39 is 6.04 Å². The molecule has 0 aliphatic carbocycles. The van der Waals surface area contributed by atoms with Crippen LogP contribution in [-0.4, -0.2) is 21.9 Å². The molecule has 1 aromatic heterocycles. The minimum absolute atomic E-state index is 0. The second-order valence-electron chi connectivity index (χ2n) is 4.55. The van der Waals surface area contributed by atoms with Crippen LogP contribution in [0.4, 0.5) is 0 Å². The highest BCUT2D eigenvalue weighted by atomic mass is 35.5. The van der Waals surface area contributed by atoms with Crippen LogP contribution in [0.1, 0.15) is 31.8 Å². The Morgan fingerprint density at radius 1 is 1.50 bits per heavy atom. The van der Waals surface area contributed by atoms with Crippen molar-refractivity contribution in [2.75, 3.05) is 0 Å². The molecular weight excluding hydrogens is 252 g/mol. The average Bonchev–Trinajstić information content (AvgIpc) is 2.25. The van der Waals surface area contributed by atoms with Crippen molar-refractivity contribution in [2.24, 2.45) is 11.7 Å². The van der Waals surface area contributed by atoms with Crippen LogP contribution in [0.15, 0.2) is 12.3 Å². The van der Waals surface area contributed by atoms with Gasteiger partial charge >= 0.3 is 0 Å². The molecule has 1 aromatic rings. The maximum atomic E-state index is 11.7. The molecule has 0 radical (unpaired) electrons. The molecule has 1 atom stereocenters. The van der Waals surface area contributed by atoms with Gasteiger partial charge in [0, 0.05) is 6.20 Å². The summed E-state index contributed by atoms with van der Waals surface area (Å²) in [7, 11) is 0. The number of rotatable bonds is 5. The van der Waals surface area contributed by atoms with E-state index in [4.69, 9.17) is 5.73 Å². The van der Waals surface area contributed by atoms with Crippen LogP contribution < -0.4 is 11.1 Å². The molecule has 0 saturated carbocycles. The van der Waals surface area contributed by atoms with E-state index in [1.807, 2.05) is 20.8 Å². The second-order valence-corrected chi connectivity index (χ2v) is 4.55. The Morgan fingerprint density at radius 3 is 2.72 bits per heavy atom. The molecule has 3 N–H and O–H groups in total. The van der Waals surface area contributed by atoms with Crippen LogP contribution in [-0.2, 0) is 11.3 Å². The topological polar surface area (TPSA) is 80.9 Å². The fraction of sp³-hybridized carbons (Fsp3) is 0.583. The van der Waals surface area contributed by atoms with E-state index in [2.05, 4.69) is 15.3 Å². The summed E-state index contributed by atoms with van der Waals surface area (Å²) in [5.74, 6) is 0.982. The van der Waals surface area contributed by atoms with Crippen molar-refractivity contribution in [3.63, 3.8) is 0 Å². The minimum atomic E-state index is -0.446. The van der Waals surface area contributed by atoms with Crippen LogP contribution in [0, 0.1) is 12.8 Å². The summed E-state index contributed by atoms with van der Waals surface area (Å²) in [6.45, 7) is 6.30. The van der Waals surface area contributed by atoms with Crippen LogP contribution >= 0.6 is 12.4 Å². The quantitative estimate of drug-likeness (QED) is 0.844. The van der Waals surface area contributed by atoms with Crippen LogP contribution in [0.2, 0.25) is 0 Å². The van der Waals surface area contributed by atoms with Crippen molar-refractivity contribution in [1.29, 1.82) is 0 Å². The predicted octanol–water partition coefficient (Wildman–Crippen LogP) is 1.20. The fourth-order valence-corrected chi connectivity index (χ4v) is 1.53. The Balaban J connectivity index is 0.00000289. The Labute approximate surface area is 114 Å². The van der Waals surface area contributed by atoms with Gasteiger partial charge in [-0.3, -0.25) is 4.79 Å². The summed E-state index contributed by atoms with van der Waals surface area (Å²) < 4.78 is 0. The summed E-state index contributed by atoms with van der Waals surface area (Å²) in [4.78, 5) is 19.8. The molecule has 102 valence electrons. The fourth-order valence-electron chi connectivity index (χ4n) is 1.53. The smallest absolute Gasteiger partial charge is 0.237 e. The Kier molecular flexibility index (Phi) is 7.47. The maximum Gasteiger partial charge on any atom is 0.237 e. The third-order valence-corrected chi connectivity index (χ3v) is 2.34. The molecule has 0 saturated heterocycles. The molecule has 1 amide bonds. The Hall–Kier alpha value is -1.20. The molecule has 18 heavy (non-hydrogen) atoms. The van der Waals surface area contributed by atoms with Gasteiger partial charge in [-0.05, 0) is 25.3 Å². The van der Waals surface area contributed by atoms with E-state index in [0.29, 0.717) is 24.7 Å². The van der Waals surface area contributed by atoms with E-state index in [9.17, 15) is 4.79 Å². The molecule has 5 nitrogen and oxygen atoms in total. The van der Waals surface area contributed by atoms with E-state index in [0.717, 1.165) is 5.69 Å². The van der Waals surface area contributed by atoms with Gasteiger partial charge in [0.05, 0.1) is 18.3 Å². The number of amides is 1. The number of nitrogens with zero attached hydrogens (tertiary/aromatic N) is 2. The molecule has 6 heteroatoms. The standard InChI is InChI=1S/C12H20N4O.ClH/c1-8(2)6-11(13)12(17)15-7-10-4-5-14-9(3)16-10;/h4-5,8,11H,6-7,13H2,1-3H3,(H,15,17);1H/t11-;/m0./s1.